The number of nitrogens with zero attached hydrogens (tertiary/aromatic N) is 3. The molecule has 3 aromatic rings. The lowest BCUT2D eigenvalue weighted by Gasteiger charge is -2.28. The highest BCUT2D eigenvalue weighted by atomic mass is 16.2. The first kappa shape index (κ1) is 18.0. The van der Waals surface area contributed by atoms with Crippen LogP contribution >= 0.6 is 0 Å². The fraction of sp³-hybridized carbons (Fsp3) is 0.286. The highest BCUT2D eigenvalue weighted by molar-refractivity contribution is 5.79. The van der Waals surface area contributed by atoms with Gasteiger partial charge in [-0.1, -0.05) is 30.3 Å². The standard InChI is InChI=1S/C21H22N4O3/c1-14-11-23(2)18-10-6-3-7-15(18)12-24(14)19(26)13-25-20(27)16-8-4-5-9-17(16)22-21(25)28/h3-10,14H,11-13H2,1-2H3,(H,22,28). The van der Waals surface area contributed by atoms with Gasteiger partial charge in [0.25, 0.3) is 5.56 Å². The topological polar surface area (TPSA) is 78.4 Å². The number of aromatic nitrogens is 2. The number of hydrogen-bond acceptors (Lipinski definition) is 4. The lowest BCUT2D eigenvalue weighted by atomic mass is 10.1. The Morgan fingerprint density at radius 2 is 1.82 bits per heavy atom. The van der Waals surface area contributed by atoms with E-state index in [0.717, 1.165) is 15.8 Å². The third-order valence-electron chi connectivity index (χ3n) is 5.32. The zero-order valence-electron chi connectivity index (χ0n) is 15.9. The van der Waals surface area contributed by atoms with Crippen LogP contribution in [0.15, 0.2) is 58.1 Å². The van der Waals surface area contributed by atoms with E-state index in [-0.39, 0.29) is 18.5 Å². The summed E-state index contributed by atoms with van der Waals surface area (Å²) < 4.78 is 0.984. The predicted octanol–water partition coefficient (Wildman–Crippen LogP) is 1.56. The first-order valence-electron chi connectivity index (χ1n) is 9.26. The monoisotopic (exact) mass is 378 g/mol. The second-order valence-corrected chi connectivity index (χ2v) is 7.25. The summed E-state index contributed by atoms with van der Waals surface area (Å²) in [5.74, 6) is -0.250. The van der Waals surface area contributed by atoms with Gasteiger partial charge in [-0.15, -0.1) is 0 Å². The van der Waals surface area contributed by atoms with Crippen LogP contribution in [0.3, 0.4) is 0 Å². The zero-order chi connectivity index (χ0) is 19.8. The summed E-state index contributed by atoms with van der Waals surface area (Å²) in [6.45, 7) is 2.81. The number of H-pyrrole nitrogens is 1. The quantitative estimate of drug-likeness (QED) is 0.734. The van der Waals surface area contributed by atoms with E-state index < -0.39 is 11.2 Å². The molecule has 28 heavy (non-hydrogen) atoms. The molecule has 0 saturated carbocycles. The molecule has 1 aliphatic rings. The number of likely N-dealkylation sites (N-methyl/N-ethyl adjacent to an activating group) is 1. The Bertz CT molecular complexity index is 1160. The Morgan fingerprint density at radius 3 is 2.64 bits per heavy atom. The molecule has 1 unspecified atom stereocenters. The van der Waals surface area contributed by atoms with Crippen LogP contribution in [-0.4, -0.2) is 40.0 Å². The van der Waals surface area contributed by atoms with Crippen LogP contribution in [0.5, 0.6) is 0 Å². The van der Waals surface area contributed by atoms with Crippen LogP contribution in [0.1, 0.15) is 12.5 Å². The Balaban J connectivity index is 1.68. The molecule has 144 valence electrons. The van der Waals surface area contributed by atoms with Gasteiger partial charge in [0, 0.05) is 31.9 Å². The van der Waals surface area contributed by atoms with Crippen molar-refractivity contribution in [1.82, 2.24) is 14.5 Å². The molecule has 1 aliphatic heterocycles. The van der Waals surface area contributed by atoms with Crippen molar-refractivity contribution in [2.24, 2.45) is 0 Å². The summed E-state index contributed by atoms with van der Waals surface area (Å²) in [4.78, 5) is 44.8. The van der Waals surface area contributed by atoms with Gasteiger partial charge in [0.1, 0.15) is 6.54 Å². The molecule has 1 aromatic heterocycles. The molecule has 0 aliphatic carbocycles. The Morgan fingerprint density at radius 1 is 1.11 bits per heavy atom. The van der Waals surface area contributed by atoms with E-state index in [9.17, 15) is 14.4 Å². The fourth-order valence-electron chi connectivity index (χ4n) is 3.85. The number of benzene rings is 2. The Labute approximate surface area is 161 Å². The number of fused-ring (bicyclic) bond motifs is 2. The van der Waals surface area contributed by atoms with Crippen LogP contribution in [0.25, 0.3) is 10.9 Å². The van der Waals surface area contributed by atoms with Crippen LogP contribution in [0, 0.1) is 0 Å². The molecule has 0 saturated heterocycles. The molecule has 7 nitrogen and oxygen atoms in total. The van der Waals surface area contributed by atoms with Crippen molar-refractivity contribution < 1.29 is 4.79 Å². The van der Waals surface area contributed by atoms with Crippen LogP contribution < -0.4 is 16.1 Å². The van der Waals surface area contributed by atoms with E-state index in [0.29, 0.717) is 24.0 Å². The molecule has 1 N–H and O–H groups in total. The summed E-state index contributed by atoms with van der Waals surface area (Å²) in [7, 11) is 2.00. The van der Waals surface area contributed by atoms with Crippen molar-refractivity contribution in [3.63, 3.8) is 0 Å². The highest BCUT2D eigenvalue weighted by Crippen LogP contribution is 2.26. The van der Waals surface area contributed by atoms with Crippen molar-refractivity contribution in [3.05, 3.63) is 74.9 Å². The van der Waals surface area contributed by atoms with Crippen molar-refractivity contribution in [1.29, 1.82) is 0 Å². The van der Waals surface area contributed by atoms with E-state index in [1.807, 2.05) is 38.2 Å². The summed E-state index contributed by atoms with van der Waals surface area (Å²) in [5.41, 5.74) is 1.58. The molecule has 7 heteroatoms. The van der Waals surface area contributed by atoms with Gasteiger partial charge in [0.2, 0.25) is 5.91 Å². The molecular weight excluding hydrogens is 356 g/mol. The lowest BCUT2D eigenvalue weighted by molar-refractivity contribution is -0.134. The Hall–Kier alpha value is -3.35. The van der Waals surface area contributed by atoms with E-state index in [4.69, 9.17) is 0 Å². The van der Waals surface area contributed by atoms with Gasteiger partial charge in [-0.3, -0.25) is 14.2 Å². The molecule has 0 fully saturated rings. The van der Waals surface area contributed by atoms with Crippen LogP contribution in [0.2, 0.25) is 0 Å². The fourth-order valence-corrected chi connectivity index (χ4v) is 3.85. The smallest absolute Gasteiger partial charge is 0.329 e. The second kappa shape index (κ2) is 6.99. The van der Waals surface area contributed by atoms with E-state index in [2.05, 4.69) is 9.88 Å². The van der Waals surface area contributed by atoms with Crippen molar-refractivity contribution in [3.8, 4) is 0 Å². The Kier molecular flexibility index (Phi) is 4.50. The molecule has 1 amide bonds. The largest absolute Gasteiger partial charge is 0.372 e. The second-order valence-electron chi connectivity index (χ2n) is 7.25. The minimum absolute atomic E-state index is 0.0554. The highest BCUT2D eigenvalue weighted by Gasteiger charge is 2.27. The first-order valence-corrected chi connectivity index (χ1v) is 9.26. The summed E-state index contributed by atoms with van der Waals surface area (Å²) >= 11 is 0. The number of aromatic amines is 1. The summed E-state index contributed by atoms with van der Waals surface area (Å²) in [6.07, 6.45) is 0. The maximum atomic E-state index is 13.1. The van der Waals surface area contributed by atoms with Crippen molar-refractivity contribution in [2.45, 2.75) is 26.1 Å². The van der Waals surface area contributed by atoms with Crippen molar-refractivity contribution in [2.75, 3.05) is 18.5 Å². The molecule has 1 atom stereocenters. The minimum Gasteiger partial charge on any atom is -0.372 e. The van der Waals surface area contributed by atoms with Gasteiger partial charge in [-0.2, -0.15) is 0 Å². The van der Waals surface area contributed by atoms with Gasteiger partial charge in [-0.25, -0.2) is 4.79 Å². The third kappa shape index (κ3) is 3.09. The van der Waals surface area contributed by atoms with Crippen LogP contribution in [0.4, 0.5) is 5.69 Å². The normalized spacial score (nSPS) is 16.7. The molecule has 0 radical (unpaired) electrons. The minimum atomic E-state index is -0.572. The zero-order valence-corrected chi connectivity index (χ0v) is 15.9. The van der Waals surface area contributed by atoms with Gasteiger partial charge < -0.3 is 14.8 Å². The molecule has 0 bridgehead atoms. The molecule has 0 spiro atoms. The number of amides is 1. The summed E-state index contributed by atoms with van der Waals surface area (Å²) in [5, 5.41) is 0.392. The predicted molar refractivity (Wildman–Crippen MR) is 109 cm³/mol. The third-order valence-corrected chi connectivity index (χ3v) is 5.32. The number of anilines is 1. The van der Waals surface area contributed by atoms with Gasteiger partial charge in [0.05, 0.1) is 10.9 Å². The number of para-hydroxylation sites is 2. The molecular formula is C21H22N4O3. The summed E-state index contributed by atoms with van der Waals surface area (Å²) in [6, 6.07) is 14.7. The average molecular weight is 378 g/mol. The van der Waals surface area contributed by atoms with Gasteiger partial charge >= 0.3 is 5.69 Å². The number of rotatable bonds is 2. The number of nitrogens with one attached hydrogen (secondary N) is 1. The SMILES string of the molecule is CC1CN(C)c2ccccc2CN1C(=O)Cn1c(=O)[nH]c2ccccc2c1=O. The number of hydrogen-bond donors (Lipinski definition) is 1. The van der Waals surface area contributed by atoms with Crippen LogP contribution in [-0.2, 0) is 17.9 Å². The van der Waals surface area contributed by atoms with E-state index >= 15 is 0 Å². The first-order chi connectivity index (χ1) is 13.5. The number of carbonyl (C=O) groups is 1. The van der Waals surface area contributed by atoms with E-state index in [1.54, 1.807) is 29.2 Å². The van der Waals surface area contributed by atoms with E-state index in [1.165, 1.54) is 0 Å². The van der Waals surface area contributed by atoms with Gasteiger partial charge in [-0.05, 0) is 30.7 Å². The molecule has 4 rings (SSSR count). The maximum Gasteiger partial charge on any atom is 0.329 e. The lowest BCUT2D eigenvalue weighted by Crippen LogP contribution is -2.46. The van der Waals surface area contributed by atoms with Gasteiger partial charge in [0.15, 0.2) is 0 Å². The average Bonchev–Trinajstić information content (AvgIpc) is 2.81. The number of carbonyl (C=O) groups excluding carboxylic acids is 1. The van der Waals surface area contributed by atoms with Crippen molar-refractivity contribution >= 4 is 22.5 Å². The molecule has 2 heterocycles. The maximum absolute atomic E-state index is 13.1. The molecule has 2 aromatic carbocycles.